The molecular weight excluding hydrogens is 276 g/mol. The van der Waals surface area contributed by atoms with Crippen molar-refractivity contribution in [2.24, 2.45) is 0 Å². The highest BCUT2D eigenvalue weighted by Crippen LogP contribution is 2.29. The van der Waals surface area contributed by atoms with Gasteiger partial charge in [0, 0.05) is 0 Å². The van der Waals surface area contributed by atoms with Gasteiger partial charge >= 0.3 is 0 Å². The number of benzene rings is 1. The SMILES string of the molecule is CCOc1ccc2nc(NC(=O)COC(C)C)sc2c1. The Morgan fingerprint density at radius 1 is 1.45 bits per heavy atom. The van der Waals surface area contributed by atoms with Crippen LogP contribution in [0.5, 0.6) is 5.75 Å². The molecule has 20 heavy (non-hydrogen) atoms. The van der Waals surface area contributed by atoms with Gasteiger partial charge in [0.25, 0.3) is 5.91 Å². The lowest BCUT2D eigenvalue weighted by molar-refractivity contribution is -0.121. The predicted octanol–water partition coefficient (Wildman–Crippen LogP) is 3.06. The fraction of sp³-hybridized carbons (Fsp3) is 0.429. The highest BCUT2D eigenvalue weighted by atomic mass is 32.1. The largest absolute Gasteiger partial charge is 0.494 e. The van der Waals surface area contributed by atoms with Crippen molar-refractivity contribution in [3.8, 4) is 5.75 Å². The van der Waals surface area contributed by atoms with Crippen molar-refractivity contribution >= 4 is 32.6 Å². The van der Waals surface area contributed by atoms with E-state index in [9.17, 15) is 4.79 Å². The van der Waals surface area contributed by atoms with Crippen molar-refractivity contribution in [2.45, 2.75) is 26.9 Å². The van der Waals surface area contributed by atoms with Crippen LogP contribution in [0.25, 0.3) is 10.2 Å². The Labute approximate surface area is 121 Å². The quantitative estimate of drug-likeness (QED) is 0.889. The summed E-state index contributed by atoms with van der Waals surface area (Å²) in [5, 5.41) is 3.32. The highest BCUT2D eigenvalue weighted by molar-refractivity contribution is 7.22. The van der Waals surface area contributed by atoms with Gasteiger partial charge in [-0.2, -0.15) is 0 Å². The van der Waals surface area contributed by atoms with E-state index >= 15 is 0 Å². The van der Waals surface area contributed by atoms with E-state index in [-0.39, 0.29) is 18.6 Å². The topological polar surface area (TPSA) is 60.5 Å². The highest BCUT2D eigenvalue weighted by Gasteiger charge is 2.09. The van der Waals surface area contributed by atoms with E-state index in [1.54, 1.807) is 0 Å². The van der Waals surface area contributed by atoms with Gasteiger partial charge in [0.2, 0.25) is 0 Å². The molecule has 0 atom stereocenters. The lowest BCUT2D eigenvalue weighted by atomic mass is 10.3. The number of hydrogen-bond donors (Lipinski definition) is 1. The Bertz CT molecular complexity index is 595. The lowest BCUT2D eigenvalue weighted by Crippen LogP contribution is -2.20. The number of hydrogen-bond acceptors (Lipinski definition) is 5. The molecule has 108 valence electrons. The molecule has 1 heterocycles. The van der Waals surface area contributed by atoms with Gasteiger partial charge in [-0.1, -0.05) is 11.3 Å². The van der Waals surface area contributed by atoms with Crippen LogP contribution in [0.3, 0.4) is 0 Å². The van der Waals surface area contributed by atoms with Crippen LogP contribution in [0, 0.1) is 0 Å². The Morgan fingerprint density at radius 3 is 2.95 bits per heavy atom. The summed E-state index contributed by atoms with van der Waals surface area (Å²) >= 11 is 1.42. The first kappa shape index (κ1) is 14.7. The summed E-state index contributed by atoms with van der Waals surface area (Å²) in [7, 11) is 0. The third-order valence-corrected chi connectivity index (χ3v) is 3.40. The average Bonchev–Trinajstić information content (AvgIpc) is 2.78. The van der Waals surface area contributed by atoms with Gasteiger partial charge in [-0.05, 0) is 39.0 Å². The molecule has 0 bridgehead atoms. The number of rotatable bonds is 6. The second-order valence-electron chi connectivity index (χ2n) is 4.49. The molecule has 1 aromatic carbocycles. The number of fused-ring (bicyclic) bond motifs is 1. The van der Waals surface area contributed by atoms with Crippen molar-refractivity contribution < 1.29 is 14.3 Å². The fourth-order valence-electron chi connectivity index (χ4n) is 1.61. The maximum absolute atomic E-state index is 11.7. The van der Waals surface area contributed by atoms with E-state index in [4.69, 9.17) is 9.47 Å². The van der Waals surface area contributed by atoms with E-state index in [0.717, 1.165) is 16.0 Å². The number of amides is 1. The minimum atomic E-state index is -0.192. The Morgan fingerprint density at radius 2 is 2.25 bits per heavy atom. The maximum Gasteiger partial charge on any atom is 0.252 e. The number of nitrogens with one attached hydrogen (secondary N) is 1. The van der Waals surface area contributed by atoms with Gasteiger partial charge in [0.05, 0.1) is 22.9 Å². The molecule has 0 unspecified atom stereocenters. The first-order valence-electron chi connectivity index (χ1n) is 6.53. The monoisotopic (exact) mass is 294 g/mol. The summed E-state index contributed by atoms with van der Waals surface area (Å²) in [4.78, 5) is 16.0. The van der Waals surface area contributed by atoms with Gasteiger partial charge in [-0.15, -0.1) is 0 Å². The van der Waals surface area contributed by atoms with Crippen molar-refractivity contribution in [1.29, 1.82) is 0 Å². The van der Waals surface area contributed by atoms with Crippen LogP contribution >= 0.6 is 11.3 Å². The van der Waals surface area contributed by atoms with Crippen LogP contribution < -0.4 is 10.1 Å². The predicted molar refractivity (Wildman–Crippen MR) is 80.5 cm³/mol. The van der Waals surface area contributed by atoms with Crippen LogP contribution in [0.2, 0.25) is 0 Å². The summed E-state index contributed by atoms with van der Waals surface area (Å²) in [5.74, 6) is 0.618. The molecule has 2 aromatic rings. The number of anilines is 1. The molecule has 0 aliphatic rings. The zero-order valence-corrected chi connectivity index (χ0v) is 12.6. The van der Waals surface area contributed by atoms with Gasteiger partial charge in [-0.3, -0.25) is 10.1 Å². The number of carbonyl (C=O) groups is 1. The molecule has 0 saturated carbocycles. The van der Waals surface area contributed by atoms with Crippen LogP contribution in [0.15, 0.2) is 18.2 Å². The molecular formula is C14H18N2O3S. The summed E-state index contributed by atoms with van der Waals surface area (Å²) in [6.07, 6.45) is 0.0323. The first-order valence-corrected chi connectivity index (χ1v) is 7.35. The summed E-state index contributed by atoms with van der Waals surface area (Å²) < 4.78 is 11.7. The van der Waals surface area contributed by atoms with Crippen LogP contribution in [0.1, 0.15) is 20.8 Å². The maximum atomic E-state index is 11.7. The minimum Gasteiger partial charge on any atom is -0.494 e. The van der Waals surface area contributed by atoms with Crippen LogP contribution in [0.4, 0.5) is 5.13 Å². The van der Waals surface area contributed by atoms with E-state index in [0.29, 0.717) is 11.7 Å². The van der Waals surface area contributed by atoms with E-state index in [2.05, 4.69) is 10.3 Å². The molecule has 6 heteroatoms. The third kappa shape index (κ3) is 3.91. The summed E-state index contributed by atoms with van der Waals surface area (Å²) in [6.45, 7) is 6.38. The molecule has 1 amide bonds. The fourth-order valence-corrected chi connectivity index (χ4v) is 2.52. The molecule has 0 saturated heterocycles. The number of aromatic nitrogens is 1. The van der Waals surface area contributed by atoms with E-state index < -0.39 is 0 Å². The molecule has 1 N–H and O–H groups in total. The number of ether oxygens (including phenoxy) is 2. The normalized spacial score (nSPS) is 11.0. The molecule has 0 fully saturated rings. The van der Waals surface area contributed by atoms with Gasteiger partial charge in [0.1, 0.15) is 12.4 Å². The van der Waals surface area contributed by atoms with E-state index in [1.165, 1.54) is 11.3 Å². The zero-order chi connectivity index (χ0) is 14.5. The zero-order valence-electron chi connectivity index (χ0n) is 11.8. The smallest absolute Gasteiger partial charge is 0.252 e. The Hall–Kier alpha value is -1.66. The molecule has 5 nitrogen and oxygen atoms in total. The first-order chi connectivity index (χ1) is 9.58. The number of thiazole rings is 1. The van der Waals surface area contributed by atoms with Gasteiger partial charge in [-0.25, -0.2) is 4.98 Å². The number of carbonyl (C=O) groups excluding carboxylic acids is 1. The lowest BCUT2D eigenvalue weighted by Gasteiger charge is -2.06. The van der Waals surface area contributed by atoms with Crippen molar-refractivity contribution in [2.75, 3.05) is 18.5 Å². The molecule has 0 radical (unpaired) electrons. The van der Waals surface area contributed by atoms with Crippen LogP contribution in [-0.4, -0.2) is 30.2 Å². The van der Waals surface area contributed by atoms with Crippen molar-refractivity contribution in [3.05, 3.63) is 18.2 Å². The van der Waals surface area contributed by atoms with Gasteiger partial charge in [0.15, 0.2) is 5.13 Å². The van der Waals surface area contributed by atoms with Crippen molar-refractivity contribution in [1.82, 2.24) is 4.98 Å². The van der Waals surface area contributed by atoms with Gasteiger partial charge < -0.3 is 9.47 Å². The molecule has 1 aromatic heterocycles. The second-order valence-corrected chi connectivity index (χ2v) is 5.52. The number of nitrogens with zero attached hydrogens (tertiary/aromatic N) is 1. The Balaban J connectivity index is 2.05. The summed E-state index contributed by atoms with van der Waals surface area (Å²) in [6, 6.07) is 5.69. The summed E-state index contributed by atoms with van der Waals surface area (Å²) in [5.41, 5.74) is 0.846. The molecule has 2 rings (SSSR count). The van der Waals surface area contributed by atoms with Crippen molar-refractivity contribution in [3.63, 3.8) is 0 Å². The minimum absolute atomic E-state index is 0.0323. The van der Waals surface area contributed by atoms with E-state index in [1.807, 2.05) is 39.0 Å². The molecule has 0 aliphatic carbocycles. The third-order valence-electron chi connectivity index (χ3n) is 2.47. The molecule has 0 aliphatic heterocycles. The second kappa shape index (κ2) is 6.67. The molecule has 0 spiro atoms. The average molecular weight is 294 g/mol. The standard InChI is InChI=1S/C14H18N2O3S/c1-4-18-10-5-6-11-12(7-10)20-14(15-11)16-13(17)8-19-9(2)3/h5-7,9H,4,8H2,1-3H3,(H,15,16,17). The van der Waals surface area contributed by atoms with Crippen LogP contribution in [-0.2, 0) is 9.53 Å². The Kier molecular flexibility index (Phi) is 4.92.